The molecule has 0 aromatic heterocycles. The Kier molecular flexibility index (Phi) is 6.95. The zero-order valence-electron chi connectivity index (χ0n) is 11.3. The molecule has 0 aliphatic carbocycles. The molecule has 1 aromatic rings. The smallest absolute Gasteiger partial charge is 0.137 e. The van der Waals surface area contributed by atoms with E-state index in [0.717, 1.165) is 37.2 Å². The molecule has 0 unspecified atom stereocenters. The largest absolute Gasteiger partial charge is 0.491 e. The molecule has 0 heterocycles. The maximum atomic E-state index is 6.11. The summed E-state index contributed by atoms with van der Waals surface area (Å²) in [7, 11) is 0. The summed E-state index contributed by atoms with van der Waals surface area (Å²) in [6.07, 6.45) is 4.61. The first-order valence-electron chi connectivity index (χ1n) is 6.65. The van der Waals surface area contributed by atoms with E-state index >= 15 is 0 Å². The fraction of sp³-hybridized carbons (Fsp3) is 0.600. The number of hydrogen-bond acceptors (Lipinski definition) is 2. The average Bonchev–Trinajstić information content (AvgIpc) is 2.38. The van der Waals surface area contributed by atoms with Crippen molar-refractivity contribution in [1.82, 2.24) is 0 Å². The second kappa shape index (κ2) is 7.96. The molecule has 18 heavy (non-hydrogen) atoms. The molecular weight excluding hydrogens is 264 g/mol. The lowest BCUT2D eigenvalue weighted by Gasteiger charge is -2.31. The minimum absolute atomic E-state index is 0.172. The maximum Gasteiger partial charge on any atom is 0.137 e. The Hall–Kier alpha value is -0.340. The molecule has 0 fully saturated rings. The molecule has 0 spiro atoms. The van der Waals surface area contributed by atoms with Crippen LogP contribution >= 0.6 is 24.2 Å². The number of para-hydroxylation sites is 1. The van der Waals surface area contributed by atoms with Crippen molar-refractivity contribution in [3.8, 4) is 5.75 Å². The summed E-state index contributed by atoms with van der Waals surface area (Å²) < 4.78 is 5.92. The molecule has 0 aliphatic heterocycles. The second-order valence-corrected chi connectivity index (χ2v) is 5.60. The van der Waals surface area contributed by atoms with E-state index in [1.54, 1.807) is 0 Å². The fourth-order valence-corrected chi connectivity index (χ4v) is 2.92. The van der Waals surface area contributed by atoms with Crippen LogP contribution in [-0.2, 0) is 0 Å². The van der Waals surface area contributed by atoms with Gasteiger partial charge in [0.15, 0.2) is 0 Å². The van der Waals surface area contributed by atoms with E-state index in [1.807, 2.05) is 24.3 Å². The quantitative estimate of drug-likeness (QED) is 0.643. The molecule has 0 atom stereocenters. The molecule has 0 radical (unpaired) electrons. The van der Waals surface area contributed by atoms with Gasteiger partial charge in [-0.15, -0.1) is 0 Å². The zero-order valence-corrected chi connectivity index (χ0v) is 12.9. The van der Waals surface area contributed by atoms with Gasteiger partial charge in [-0.3, -0.25) is 0 Å². The lowest BCUT2D eigenvalue weighted by molar-refractivity contribution is 0.144. The van der Waals surface area contributed by atoms with E-state index in [9.17, 15) is 0 Å². The number of ether oxygens (including phenoxy) is 1. The second-order valence-electron chi connectivity index (χ2n) is 4.88. The molecular formula is C15H23ClOS. The third-order valence-corrected chi connectivity index (χ3v) is 4.25. The molecule has 0 amide bonds. The van der Waals surface area contributed by atoms with Gasteiger partial charge in [0.1, 0.15) is 5.75 Å². The van der Waals surface area contributed by atoms with Gasteiger partial charge in [0, 0.05) is 5.41 Å². The summed E-state index contributed by atoms with van der Waals surface area (Å²) in [6.45, 7) is 5.12. The van der Waals surface area contributed by atoms with Crippen LogP contribution in [0.1, 0.15) is 39.5 Å². The molecule has 0 aliphatic rings. The summed E-state index contributed by atoms with van der Waals surface area (Å²) in [5.74, 6) is 1.64. The van der Waals surface area contributed by atoms with Crippen LogP contribution in [0.5, 0.6) is 5.75 Å². The highest BCUT2D eigenvalue weighted by atomic mass is 35.5. The minimum Gasteiger partial charge on any atom is -0.491 e. The van der Waals surface area contributed by atoms with E-state index in [-0.39, 0.29) is 5.41 Å². The van der Waals surface area contributed by atoms with Crippen molar-refractivity contribution in [3.05, 3.63) is 29.3 Å². The fourth-order valence-electron chi connectivity index (χ4n) is 2.33. The summed E-state index contributed by atoms with van der Waals surface area (Å²) in [5.41, 5.74) is 0.172. The van der Waals surface area contributed by atoms with Crippen molar-refractivity contribution >= 4 is 24.2 Å². The Balaban J connectivity index is 2.69. The Morgan fingerprint density at radius 2 is 1.78 bits per heavy atom. The molecule has 0 saturated carbocycles. The number of halogens is 1. The van der Waals surface area contributed by atoms with Gasteiger partial charge in [-0.25, -0.2) is 0 Å². The standard InChI is InChI=1S/C15H23ClOS/c1-3-9-15(12-18,10-4-2)11-17-14-8-6-5-7-13(14)16/h5-8,18H,3-4,9-12H2,1-2H3. The highest BCUT2D eigenvalue weighted by molar-refractivity contribution is 7.80. The van der Waals surface area contributed by atoms with Gasteiger partial charge in [-0.1, -0.05) is 50.4 Å². The molecule has 0 N–H and O–H groups in total. The van der Waals surface area contributed by atoms with Gasteiger partial charge in [-0.2, -0.15) is 12.6 Å². The normalized spacial score (nSPS) is 11.6. The van der Waals surface area contributed by atoms with Gasteiger partial charge in [-0.05, 0) is 30.7 Å². The summed E-state index contributed by atoms with van der Waals surface area (Å²) in [4.78, 5) is 0. The molecule has 1 aromatic carbocycles. The molecule has 0 bridgehead atoms. The lowest BCUT2D eigenvalue weighted by Crippen LogP contribution is -2.30. The maximum absolute atomic E-state index is 6.11. The lowest BCUT2D eigenvalue weighted by atomic mass is 9.82. The Bertz CT molecular complexity index is 348. The predicted molar refractivity (Wildman–Crippen MR) is 83.0 cm³/mol. The molecule has 102 valence electrons. The highest BCUT2D eigenvalue weighted by Crippen LogP contribution is 2.33. The molecule has 3 heteroatoms. The number of benzene rings is 1. The number of thiol groups is 1. The van der Waals surface area contributed by atoms with Crippen molar-refractivity contribution in [2.75, 3.05) is 12.4 Å². The van der Waals surface area contributed by atoms with Gasteiger partial charge >= 0.3 is 0 Å². The van der Waals surface area contributed by atoms with Gasteiger partial charge in [0.2, 0.25) is 0 Å². The Morgan fingerprint density at radius 3 is 2.28 bits per heavy atom. The molecule has 0 saturated heterocycles. The van der Waals surface area contributed by atoms with E-state index in [1.165, 1.54) is 0 Å². The number of rotatable bonds is 8. The first-order valence-corrected chi connectivity index (χ1v) is 7.66. The zero-order chi connectivity index (χ0) is 13.4. The van der Waals surface area contributed by atoms with E-state index in [2.05, 4.69) is 26.5 Å². The predicted octanol–water partition coefficient (Wildman–Crippen LogP) is 5.24. The Morgan fingerprint density at radius 1 is 1.17 bits per heavy atom. The van der Waals surface area contributed by atoms with Gasteiger partial charge < -0.3 is 4.74 Å². The van der Waals surface area contributed by atoms with Crippen molar-refractivity contribution in [2.24, 2.45) is 5.41 Å². The van der Waals surface area contributed by atoms with Crippen LogP contribution in [0.25, 0.3) is 0 Å². The third-order valence-electron chi connectivity index (χ3n) is 3.27. The van der Waals surface area contributed by atoms with Crippen molar-refractivity contribution in [1.29, 1.82) is 0 Å². The van der Waals surface area contributed by atoms with Crippen LogP contribution in [0, 0.1) is 5.41 Å². The SMILES string of the molecule is CCCC(CS)(CCC)COc1ccccc1Cl. The Labute approximate surface area is 121 Å². The average molecular weight is 287 g/mol. The topological polar surface area (TPSA) is 9.23 Å². The number of hydrogen-bond donors (Lipinski definition) is 1. The monoisotopic (exact) mass is 286 g/mol. The van der Waals surface area contributed by atoms with Crippen LogP contribution in [0.2, 0.25) is 5.02 Å². The van der Waals surface area contributed by atoms with Crippen LogP contribution in [0.4, 0.5) is 0 Å². The van der Waals surface area contributed by atoms with Crippen LogP contribution in [0.15, 0.2) is 24.3 Å². The van der Waals surface area contributed by atoms with E-state index in [0.29, 0.717) is 11.6 Å². The van der Waals surface area contributed by atoms with Gasteiger partial charge in [0.05, 0.1) is 11.6 Å². The summed E-state index contributed by atoms with van der Waals surface area (Å²) in [5, 5.41) is 0.679. The van der Waals surface area contributed by atoms with E-state index < -0.39 is 0 Å². The van der Waals surface area contributed by atoms with Crippen molar-refractivity contribution < 1.29 is 4.74 Å². The van der Waals surface area contributed by atoms with Crippen LogP contribution < -0.4 is 4.74 Å². The molecule has 1 nitrogen and oxygen atoms in total. The van der Waals surface area contributed by atoms with Crippen molar-refractivity contribution in [3.63, 3.8) is 0 Å². The van der Waals surface area contributed by atoms with Crippen LogP contribution in [0.3, 0.4) is 0 Å². The highest BCUT2D eigenvalue weighted by Gasteiger charge is 2.28. The minimum atomic E-state index is 0.172. The first-order chi connectivity index (χ1) is 8.67. The van der Waals surface area contributed by atoms with E-state index in [4.69, 9.17) is 16.3 Å². The van der Waals surface area contributed by atoms with Crippen LogP contribution in [-0.4, -0.2) is 12.4 Å². The summed E-state index contributed by atoms with van der Waals surface area (Å²) >= 11 is 10.6. The van der Waals surface area contributed by atoms with Gasteiger partial charge in [0.25, 0.3) is 0 Å². The van der Waals surface area contributed by atoms with Crippen molar-refractivity contribution in [2.45, 2.75) is 39.5 Å². The summed E-state index contributed by atoms with van der Waals surface area (Å²) in [6, 6.07) is 7.64. The third kappa shape index (κ3) is 4.40. The molecule has 1 rings (SSSR count). The first kappa shape index (κ1) is 15.7.